The fourth-order valence-corrected chi connectivity index (χ4v) is 6.66. The topological polar surface area (TPSA) is 99.3 Å². The zero-order chi connectivity index (χ0) is 25.0. The number of hydrogen-bond donors (Lipinski definition) is 1. The Labute approximate surface area is 208 Å². The minimum atomic E-state index is -3.69. The monoisotopic (exact) mass is 506 g/mol. The molecule has 4 rings (SSSR count). The molecular formula is C25H38N4O5S. The molecule has 2 amide bonds. The minimum Gasteiger partial charge on any atom is -0.482 e. The molecule has 0 atom stereocenters. The zero-order valence-corrected chi connectivity index (χ0v) is 21.7. The predicted octanol–water partition coefficient (Wildman–Crippen LogP) is 2.21. The Morgan fingerprint density at radius 2 is 1.86 bits per heavy atom. The van der Waals surface area contributed by atoms with Crippen LogP contribution in [0.4, 0.5) is 5.69 Å². The average molecular weight is 507 g/mol. The van der Waals surface area contributed by atoms with Crippen LogP contribution in [0.2, 0.25) is 0 Å². The number of benzene rings is 1. The third-order valence-electron chi connectivity index (χ3n) is 7.54. The van der Waals surface area contributed by atoms with Gasteiger partial charge >= 0.3 is 0 Å². The molecule has 1 saturated carbocycles. The summed E-state index contributed by atoms with van der Waals surface area (Å²) < 4.78 is 33.5. The first-order valence-electron chi connectivity index (χ1n) is 12.8. The van der Waals surface area contributed by atoms with Crippen molar-refractivity contribution in [1.29, 1.82) is 0 Å². The molecule has 0 unspecified atom stereocenters. The zero-order valence-electron chi connectivity index (χ0n) is 20.9. The standard InChI is InChI=1S/C25H38N4O5S/c1-19-10-13-28(14-11-19)35(32,33)21-8-9-23-22(16-21)29(25(31)18-34-23)17-24(30)26-12-15-27(2)20-6-4-3-5-7-20/h8-9,16,19-20H,3-7,10-15,17-18H2,1-2H3,(H,26,30). The summed E-state index contributed by atoms with van der Waals surface area (Å²) in [5.41, 5.74) is 0.321. The van der Waals surface area contributed by atoms with E-state index in [9.17, 15) is 18.0 Å². The molecule has 1 aliphatic carbocycles. The van der Waals surface area contributed by atoms with Gasteiger partial charge in [0.1, 0.15) is 12.3 Å². The summed E-state index contributed by atoms with van der Waals surface area (Å²) in [6.07, 6.45) is 7.87. The maximum absolute atomic E-state index is 13.2. The molecule has 2 aliphatic heterocycles. The second-order valence-corrected chi connectivity index (χ2v) is 12.0. The number of nitrogens with zero attached hydrogens (tertiary/aromatic N) is 3. The molecule has 3 aliphatic rings. The lowest BCUT2D eigenvalue weighted by molar-refractivity contribution is -0.125. The molecular weight excluding hydrogens is 468 g/mol. The van der Waals surface area contributed by atoms with Gasteiger partial charge in [-0.05, 0) is 56.8 Å². The fraction of sp³-hybridized carbons (Fsp3) is 0.680. The summed E-state index contributed by atoms with van der Waals surface area (Å²) in [6.45, 7) is 3.99. The van der Waals surface area contributed by atoms with E-state index >= 15 is 0 Å². The van der Waals surface area contributed by atoms with Crippen molar-refractivity contribution in [2.45, 2.75) is 62.8 Å². The largest absolute Gasteiger partial charge is 0.482 e. The second kappa shape index (κ2) is 11.3. The molecule has 0 radical (unpaired) electrons. The van der Waals surface area contributed by atoms with Gasteiger partial charge < -0.3 is 15.0 Å². The van der Waals surface area contributed by atoms with Gasteiger partial charge in [0.15, 0.2) is 6.61 Å². The molecule has 35 heavy (non-hydrogen) atoms. The normalized spacial score (nSPS) is 20.5. The Balaban J connectivity index is 1.40. The number of sulfonamides is 1. The molecule has 0 aromatic heterocycles. The molecule has 194 valence electrons. The minimum absolute atomic E-state index is 0.114. The highest BCUT2D eigenvalue weighted by Gasteiger charge is 2.32. The number of rotatable bonds is 8. The number of fused-ring (bicyclic) bond motifs is 1. The van der Waals surface area contributed by atoms with Crippen LogP contribution in [0.15, 0.2) is 23.1 Å². The number of carbonyl (C=O) groups is 2. The van der Waals surface area contributed by atoms with Crippen molar-refractivity contribution in [3.05, 3.63) is 18.2 Å². The first-order valence-corrected chi connectivity index (χ1v) is 14.2. The van der Waals surface area contributed by atoms with Crippen LogP contribution in [0.25, 0.3) is 0 Å². The summed E-state index contributed by atoms with van der Waals surface area (Å²) in [5, 5.41) is 2.91. The summed E-state index contributed by atoms with van der Waals surface area (Å²) in [4.78, 5) is 29.1. The maximum atomic E-state index is 13.2. The van der Waals surface area contributed by atoms with Gasteiger partial charge in [-0.25, -0.2) is 8.42 Å². The van der Waals surface area contributed by atoms with Gasteiger partial charge in [-0.15, -0.1) is 0 Å². The molecule has 10 heteroatoms. The molecule has 2 fully saturated rings. The van der Waals surface area contributed by atoms with Crippen molar-refractivity contribution in [1.82, 2.24) is 14.5 Å². The van der Waals surface area contributed by atoms with E-state index in [2.05, 4.69) is 24.2 Å². The van der Waals surface area contributed by atoms with E-state index in [0.29, 0.717) is 43.0 Å². The van der Waals surface area contributed by atoms with Gasteiger partial charge in [0.2, 0.25) is 15.9 Å². The number of anilines is 1. The first kappa shape index (κ1) is 25.9. The highest BCUT2D eigenvalue weighted by molar-refractivity contribution is 7.89. The van der Waals surface area contributed by atoms with E-state index in [1.165, 1.54) is 53.4 Å². The number of nitrogens with one attached hydrogen (secondary N) is 1. The molecule has 2 heterocycles. The molecule has 9 nitrogen and oxygen atoms in total. The van der Waals surface area contributed by atoms with Crippen LogP contribution in [0.1, 0.15) is 51.9 Å². The average Bonchev–Trinajstić information content (AvgIpc) is 2.86. The van der Waals surface area contributed by atoms with Crippen molar-refractivity contribution < 1.29 is 22.7 Å². The van der Waals surface area contributed by atoms with Crippen LogP contribution in [-0.4, -0.2) is 81.9 Å². The van der Waals surface area contributed by atoms with E-state index in [0.717, 1.165) is 19.4 Å². The van der Waals surface area contributed by atoms with Crippen LogP contribution >= 0.6 is 0 Å². The number of likely N-dealkylation sites (N-methyl/N-ethyl adjacent to an activating group) is 1. The van der Waals surface area contributed by atoms with E-state index in [1.54, 1.807) is 6.07 Å². The van der Waals surface area contributed by atoms with Crippen LogP contribution in [-0.2, 0) is 19.6 Å². The van der Waals surface area contributed by atoms with Crippen LogP contribution in [0.3, 0.4) is 0 Å². The van der Waals surface area contributed by atoms with Crippen molar-refractivity contribution in [2.24, 2.45) is 5.92 Å². The molecule has 1 N–H and O–H groups in total. The van der Waals surface area contributed by atoms with Gasteiger partial charge in [0.25, 0.3) is 5.91 Å². The quantitative estimate of drug-likeness (QED) is 0.581. The van der Waals surface area contributed by atoms with Crippen molar-refractivity contribution in [2.75, 3.05) is 51.3 Å². The lowest BCUT2D eigenvalue weighted by Gasteiger charge is -2.32. The Morgan fingerprint density at radius 1 is 1.14 bits per heavy atom. The summed E-state index contributed by atoms with van der Waals surface area (Å²) in [7, 11) is -1.60. The number of amides is 2. The summed E-state index contributed by atoms with van der Waals surface area (Å²) in [6, 6.07) is 5.12. The van der Waals surface area contributed by atoms with Gasteiger partial charge in [0.05, 0.1) is 10.6 Å². The predicted molar refractivity (Wildman–Crippen MR) is 134 cm³/mol. The van der Waals surface area contributed by atoms with Gasteiger partial charge in [-0.2, -0.15) is 4.31 Å². The highest BCUT2D eigenvalue weighted by Crippen LogP contribution is 2.35. The Bertz CT molecular complexity index is 1020. The Morgan fingerprint density at radius 3 is 2.57 bits per heavy atom. The maximum Gasteiger partial charge on any atom is 0.265 e. The van der Waals surface area contributed by atoms with Crippen LogP contribution < -0.4 is 15.0 Å². The molecule has 0 spiro atoms. The van der Waals surface area contributed by atoms with Gasteiger partial charge in [-0.1, -0.05) is 26.2 Å². The molecule has 0 bridgehead atoms. The van der Waals surface area contributed by atoms with E-state index in [-0.39, 0.29) is 29.9 Å². The SMILES string of the molecule is CC1CCN(S(=O)(=O)c2ccc3c(c2)N(CC(=O)NCCN(C)C2CCCCC2)C(=O)CO3)CC1. The first-order chi connectivity index (χ1) is 16.8. The fourth-order valence-electron chi connectivity index (χ4n) is 5.17. The third kappa shape index (κ3) is 6.16. The van der Waals surface area contributed by atoms with Crippen LogP contribution in [0, 0.1) is 5.92 Å². The molecule has 1 saturated heterocycles. The van der Waals surface area contributed by atoms with E-state index < -0.39 is 10.0 Å². The smallest absolute Gasteiger partial charge is 0.265 e. The number of ether oxygens (including phenoxy) is 1. The van der Waals surface area contributed by atoms with E-state index in [1.807, 2.05) is 0 Å². The lowest BCUT2D eigenvalue weighted by Crippen LogP contribution is -2.47. The number of piperidine rings is 1. The van der Waals surface area contributed by atoms with Gasteiger partial charge in [-0.3, -0.25) is 14.5 Å². The molecule has 1 aromatic rings. The Kier molecular flexibility index (Phi) is 8.34. The number of carbonyl (C=O) groups excluding carboxylic acids is 2. The van der Waals surface area contributed by atoms with Crippen LogP contribution in [0.5, 0.6) is 5.75 Å². The lowest BCUT2D eigenvalue weighted by atomic mass is 9.94. The molecule has 1 aromatic carbocycles. The Hall–Kier alpha value is -2.17. The van der Waals surface area contributed by atoms with E-state index in [4.69, 9.17) is 4.74 Å². The third-order valence-corrected chi connectivity index (χ3v) is 9.43. The van der Waals surface area contributed by atoms with Gasteiger partial charge in [0, 0.05) is 32.2 Å². The second-order valence-electron chi connectivity index (χ2n) is 10.1. The van der Waals surface area contributed by atoms with Crippen molar-refractivity contribution in [3.63, 3.8) is 0 Å². The van der Waals surface area contributed by atoms with Crippen molar-refractivity contribution >= 4 is 27.5 Å². The highest BCUT2D eigenvalue weighted by atomic mass is 32.2. The summed E-state index contributed by atoms with van der Waals surface area (Å²) in [5.74, 6) is 0.267. The van der Waals surface area contributed by atoms with Crippen molar-refractivity contribution in [3.8, 4) is 5.75 Å². The number of hydrogen-bond acceptors (Lipinski definition) is 6. The summed E-state index contributed by atoms with van der Waals surface area (Å²) >= 11 is 0.